The van der Waals surface area contributed by atoms with Gasteiger partial charge < -0.3 is 10.3 Å². The summed E-state index contributed by atoms with van der Waals surface area (Å²) in [6.45, 7) is 2.92. The van der Waals surface area contributed by atoms with Crippen molar-refractivity contribution in [1.82, 2.24) is 4.57 Å². The van der Waals surface area contributed by atoms with Gasteiger partial charge >= 0.3 is 0 Å². The maximum atomic E-state index is 5.79. The van der Waals surface area contributed by atoms with Gasteiger partial charge in [-0.25, -0.2) is 0 Å². The number of nitrogens with zero attached hydrogens (tertiary/aromatic N) is 1. The Morgan fingerprint density at radius 3 is 2.82 bits per heavy atom. The van der Waals surface area contributed by atoms with E-state index in [1.165, 1.54) is 35.7 Å². The molecular formula is C15H20N2. The highest BCUT2D eigenvalue weighted by molar-refractivity contribution is 5.84. The summed E-state index contributed by atoms with van der Waals surface area (Å²) < 4.78 is 2.45. The SMILES string of the molecule is CC(CN)c1cccc2c1ccn2C1CCC1. The molecule has 2 heteroatoms. The standard InChI is InChI=1S/C15H20N2/c1-11(10-16)13-6-3-7-15-14(13)8-9-17(15)12-4-2-5-12/h3,6-9,11-12H,2,4-5,10,16H2,1H3. The molecule has 0 bridgehead atoms. The molecule has 1 saturated carbocycles. The van der Waals surface area contributed by atoms with E-state index in [9.17, 15) is 0 Å². The molecule has 0 aliphatic heterocycles. The van der Waals surface area contributed by atoms with Gasteiger partial charge in [-0.3, -0.25) is 0 Å². The molecule has 0 amide bonds. The van der Waals surface area contributed by atoms with E-state index in [0.29, 0.717) is 12.5 Å². The highest BCUT2D eigenvalue weighted by atomic mass is 15.0. The average molecular weight is 228 g/mol. The Hall–Kier alpha value is -1.28. The number of hydrogen-bond acceptors (Lipinski definition) is 1. The fourth-order valence-electron chi connectivity index (χ4n) is 2.75. The van der Waals surface area contributed by atoms with Crippen molar-refractivity contribution in [2.45, 2.75) is 38.1 Å². The van der Waals surface area contributed by atoms with E-state index in [0.717, 1.165) is 6.04 Å². The van der Waals surface area contributed by atoms with Gasteiger partial charge in [0, 0.05) is 23.1 Å². The van der Waals surface area contributed by atoms with Crippen molar-refractivity contribution < 1.29 is 0 Å². The lowest BCUT2D eigenvalue weighted by atomic mass is 9.92. The number of rotatable bonds is 3. The quantitative estimate of drug-likeness (QED) is 0.857. The lowest BCUT2D eigenvalue weighted by Crippen LogP contribution is -2.15. The molecular weight excluding hydrogens is 208 g/mol. The molecule has 1 aliphatic rings. The molecule has 90 valence electrons. The van der Waals surface area contributed by atoms with Gasteiger partial charge in [-0.2, -0.15) is 0 Å². The molecule has 1 unspecified atom stereocenters. The summed E-state index contributed by atoms with van der Waals surface area (Å²) in [5.41, 5.74) is 8.57. The highest BCUT2D eigenvalue weighted by Gasteiger charge is 2.21. The van der Waals surface area contributed by atoms with Crippen LogP contribution in [0, 0.1) is 0 Å². The minimum Gasteiger partial charge on any atom is -0.344 e. The number of fused-ring (bicyclic) bond motifs is 1. The van der Waals surface area contributed by atoms with Crippen molar-refractivity contribution in [3.63, 3.8) is 0 Å². The first-order valence-corrected chi connectivity index (χ1v) is 6.61. The van der Waals surface area contributed by atoms with Crippen LogP contribution in [-0.2, 0) is 0 Å². The van der Waals surface area contributed by atoms with Gasteiger partial charge in [0.1, 0.15) is 0 Å². The molecule has 2 N–H and O–H groups in total. The summed E-state index contributed by atoms with van der Waals surface area (Å²) in [4.78, 5) is 0. The van der Waals surface area contributed by atoms with Crippen LogP contribution >= 0.6 is 0 Å². The van der Waals surface area contributed by atoms with Crippen LogP contribution in [0.15, 0.2) is 30.5 Å². The first-order valence-electron chi connectivity index (χ1n) is 6.61. The molecule has 17 heavy (non-hydrogen) atoms. The third-order valence-electron chi connectivity index (χ3n) is 4.15. The summed E-state index contributed by atoms with van der Waals surface area (Å²) in [7, 11) is 0. The average Bonchev–Trinajstić information content (AvgIpc) is 2.70. The summed E-state index contributed by atoms with van der Waals surface area (Å²) >= 11 is 0. The molecule has 1 aliphatic carbocycles. The Bertz CT molecular complexity index is 523. The summed E-state index contributed by atoms with van der Waals surface area (Å²) in [5.74, 6) is 0.441. The molecule has 1 aromatic carbocycles. The Balaban J connectivity index is 2.11. The predicted molar refractivity (Wildman–Crippen MR) is 72.3 cm³/mol. The van der Waals surface area contributed by atoms with Gasteiger partial charge in [0.15, 0.2) is 0 Å². The zero-order valence-corrected chi connectivity index (χ0v) is 10.4. The van der Waals surface area contributed by atoms with Gasteiger partial charge in [0.05, 0.1) is 0 Å². The van der Waals surface area contributed by atoms with Crippen LogP contribution in [0.25, 0.3) is 10.9 Å². The van der Waals surface area contributed by atoms with E-state index in [2.05, 4.69) is 42.0 Å². The molecule has 1 fully saturated rings. The normalized spacial score (nSPS) is 18.2. The second-order valence-electron chi connectivity index (χ2n) is 5.22. The zero-order chi connectivity index (χ0) is 11.8. The van der Waals surface area contributed by atoms with Crippen LogP contribution in [0.3, 0.4) is 0 Å². The Morgan fingerprint density at radius 1 is 1.35 bits per heavy atom. The van der Waals surface area contributed by atoms with E-state index in [-0.39, 0.29) is 0 Å². The maximum Gasteiger partial charge on any atom is 0.0485 e. The fraction of sp³-hybridized carbons (Fsp3) is 0.467. The zero-order valence-electron chi connectivity index (χ0n) is 10.4. The molecule has 1 heterocycles. The molecule has 1 atom stereocenters. The summed E-state index contributed by atoms with van der Waals surface area (Å²) in [6, 6.07) is 9.61. The van der Waals surface area contributed by atoms with Crippen LogP contribution in [0.4, 0.5) is 0 Å². The van der Waals surface area contributed by atoms with Crippen molar-refractivity contribution in [2.24, 2.45) is 5.73 Å². The van der Waals surface area contributed by atoms with Crippen molar-refractivity contribution in [3.8, 4) is 0 Å². The van der Waals surface area contributed by atoms with Crippen molar-refractivity contribution in [3.05, 3.63) is 36.0 Å². The number of aromatic nitrogens is 1. The molecule has 0 radical (unpaired) electrons. The molecule has 3 rings (SSSR count). The van der Waals surface area contributed by atoms with Crippen LogP contribution in [-0.4, -0.2) is 11.1 Å². The second kappa shape index (κ2) is 4.19. The topological polar surface area (TPSA) is 30.9 Å². The van der Waals surface area contributed by atoms with Crippen molar-refractivity contribution >= 4 is 10.9 Å². The Labute approximate surface area is 102 Å². The van der Waals surface area contributed by atoms with Crippen LogP contribution in [0.2, 0.25) is 0 Å². The van der Waals surface area contributed by atoms with Gasteiger partial charge in [0.2, 0.25) is 0 Å². The van der Waals surface area contributed by atoms with E-state index < -0.39 is 0 Å². The lowest BCUT2D eigenvalue weighted by molar-refractivity contribution is 0.321. The largest absolute Gasteiger partial charge is 0.344 e. The molecule has 2 nitrogen and oxygen atoms in total. The third-order valence-corrected chi connectivity index (χ3v) is 4.15. The number of benzene rings is 1. The number of hydrogen-bond donors (Lipinski definition) is 1. The minimum atomic E-state index is 0.441. The van der Waals surface area contributed by atoms with Gasteiger partial charge in [-0.05, 0) is 49.4 Å². The van der Waals surface area contributed by atoms with E-state index in [1.807, 2.05) is 0 Å². The predicted octanol–water partition coefficient (Wildman–Crippen LogP) is 3.43. The van der Waals surface area contributed by atoms with Crippen LogP contribution in [0.1, 0.15) is 43.7 Å². The summed E-state index contributed by atoms with van der Waals surface area (Å²) in [5, 5.41) is 1.39. The van der Waals surface area contributed by atoms with Gasteiger partial charge in [-0.15, -0.1) is 0 Å². The first kappa shape index (κ1) is 10.8. The summed E-state index contributed by atoms with van der Waals surface area (Å²) in [6.07, 6.45) is 6.30. The molecule has 1 aromatic heterocycles. The fourth-order valence-corrected chi connectivity index (χ4v) is 2.75. The first-order chi connectivity index (χ1) is 8.31. The molecule has 0 saturated heterocycles. The van der Waals surface area contributed by atoms with Gasteiger partial charge in [0.25, 0.3) is 0 Å². The third kappa shape index (κ3) is 1.67. The van der Waals surface area contributed by atoms with E-state index in [1.54, 1.807) is 0 Å². The second-order valence-corrected chi connectivity index (χ2v) is 5.22. The lowest BCUT2D eigenvalue weighted by Gasteiger charge is -2.28. The highest BCUT2D eigenvalue weighted by Crippen LogP contribution is 2.36. The molecule has 0 spiro atoms. The van der Waals surface area contributed by atoms with Crippen molar-refractivity contribution in [2.75, 3.05) is 6.54 Å². The van der Waals surface area contributed by atoms with Gasteiger partial charge in [-0.1, -0.05) is 19.1 Å². The Kier molecular flexibility index (Phi) is 2.67. The monoisotopic (exact) mass is 228 g/mol. The smallest absolute Gasteiger partial charge is 0.0485 e. The van der Waals surface area contributed by atoms with Crippen molar-refractivity contribution in [1.29, 1.82) is 0 Å². The minimum absolute atomic E-state index is 0.441. The number of nitrogens with two attached hydrogens (primary N) is 1. The van der Waals surface area contributed by atoms with E-state index >= 15 is 0 Å². The maximum absolute atomic E-state index is 5.79. The van der Waals surface area contributed by atoms with Crippen LogP contribution in [0.5, 0.6) is 0 Å². The van der Waals surface area contributed by atoms with E-state index in [4.69, 9.17) is 5.73 Å². The Morgan fingerprint density at radius 2 is 2.18 bits per heavy atom. The molecule has 2 aromatic rings. The van der Waals surface area contributed by atoms with Crippen LogP contribution < -0.4 is 5.73 Å².